The first-order chi connectivity index (χ1) is 7.50. The average Bonchev–Trinajstić information content (AvgIpc) is 2.46. The fourth-order valence-corrected chi connectivity index (χ4v) is 2.55. The third kappa shape index (κ3) is 2.11. The molecule has 1 aliphatic carbocycles. The van der Waals surface area contributed by atoms with Gasteiger partial charge in [-0.3, -0.25) is 4.90 Å². The number of halogens is 1. The Morgan fingerprint density at radius 3 is 2.75 bits per heavy atom. The smallest absolute Gasteiger partial charge is 0.133 e. The van der Waals surface area contributed by atoms with E-state index in [2.05, 4.69) is 21.1 Å². The van der Waals surface area contributed by atoms with Crippen molar-refractivity contribution in [1.82, 2.24) is 4.90 Å². The Kier molecular flexibility index (Phi) is 3.53. The molecule has 0 aromatic carbocycles. The molecule has 0 aromatic rings. The molecule has 2 nitrogen and oxygen atoms in total. The maximum absolute atomic E-state index is 13.0. The molecule has 1 fully saturated rings. The molecular formula is C11H16BFNOP. The number of hydrogen-bond donors (Lipinski definition) is 0. The molecular weight excluding hydrogens is 223 g/mol. The molecule has 2 rings (SSSR count). The summed E-state index contributed by atoms with van der Waals surface area (Å²) in [5.74, 6) is -0.0385. The number of allylic oxidation sites excluding steroid dienone is 3. The molecule has 1 heterocycles. The van der Waals surface area contributed by atoms with Crippen LogP contribution in [0.3, 0.4) is 0 Å². The van der Waals surface area contributed by atoms with Crippen LogP contribution in [0.4, 0.5) is 4.39 Å². The normalized spacial score (nSPS) is 36.8. The zero-order valence-electron chi connectivity index (χ0n) is 9.61. The maximum Gasteiger partial charge on any atom is 0.133 e. The Labute approximate surface area is 99.5 Å². The Hall–Kier alpha value is -0.175. The van der Waals surface area contributed by atoms with Gasteiger partial charge in [-0.1, -0.05) is 5.47 Å². The minimum Gasteiger partial charge on any atom is -0.350 e. The first-order valence-electron chi connectivity index (χ1n) is 5.48. The van der Waals surface area contributed by atoms with Crippen molar-refractivity contribution in [2.24, 2.45) is 0 Å². The van der Waals surface area contributed by atoms with E-state index in [0.717, 1.165) is 5.57 Å². The number of likely N-dealkylation sites (N-methyl/N-ethyl adjacent to an activating group) is 1. The van der Waals surface area contributed by atoms with Crippen LogP contribution in [0.15, 0.2) is 22.9 Å². The average molecular weight is 239 g/mol. The lowest BCUT2D eigenvalue weighted by atomic mass is 9.83. The summed E-state index contributed by atoms with van der Waals surface area (Å²) >= 11 is 0. The maximum atomic E-state index is 13.0. The highest BCUT2D eigenvalue weighted by Crippen LogP contribution is 2.35. The molecule has 2 radical (unpaired) electrons. The summed E-state index contributed by atoms with van der Waals surface area (Å²) in [6.45, 7) is 2.10. The molecule has 4 atom stereocenters. The van der Waals surface area contributed by atoms with Gasteiger partial charge >= 0.3 is 0 Å². The van der Waals surface area contributed by atoms with Crippen molar-refractivity contribution < 1.29 is 9.13 Å². The van der Waals surface area contributed by atoms with Crippen LogP contribution in [0.25, 0.3) is 0 Å². The summed E-state index contributed by atoms with van der Waals surface area (Å²) in [7, 11) is 10.5. The molecule has 2 unspecified atom stereocenters. The Bertz CT molecular complexity index is 358. The first kappa shape index (κ1) is 12.3. The van der Waals surface area contributed by atoms with Crippen molar-refractivity contribution in [2.45, 2.75) is 37.9 Å². The summed E-state index contributed by atoms with van der Waals surface area (Å²) in [5.41, 5.74) is 1.52. The molecule has 5 heteroatoms. The monoisotopic (exact) mass is 239 g/mol. The van der Waals surface area contributed by atoms with Gasteiger partial charge in [0.25, 0.3) is 0 Å². The SMILES string of the molecule is [B]C1=C(C2O[C@H](P)[C@@H](C)N2C)CCC(F)=C1. The lowest BCUT2D eigenvalue weighted by Crippen LogP contribution is -2.34. The van der Waals surface area contributed by atoms with Crippen LogP contribution in [-0.4, -0.2) is 37.9 Å². The van der Waals surface area contributed by atoms with E-state index in [1.807, 2.05) is 7.05 Å². The minimum atomic E-state index is -0.141. The molecule has 1 aliphatic heterocycles. The Balaban J connectivity index is 2.23. The van der Waals surface area contributed by atoms with E-state index in [1.54, 1.807) is 0 Å². The molecule has 2 aliphatic rings. The Morgan fingerprint density at radius 1 is 1.56 bits per heavy atom. The lowest BCUT2D eigenvalue weighted by Gasteiger charge is -2.26. The van der Waals surface area contributed by atoms with E-state index in [4.69, 9.17) is 12.6 Å². The highest BCUT2D eigenvalue weighted by atomic mass is 31.0. The predicted octanol–water partition coefficient (Wildman–Crippen LogP) is 1.93. The molecule has 0 bridgehead atoms. The van der Waals surface area contributed by atoms with Crippen LogP contribution in [0.5, 0.6) is 0 Å². The first-order valence-corrected chi connectivity index (χ1v) is 6.15. The van der Waals surface area contributed by atoms with E-state index in [-0.39, 0.29) is 17.9 Å². The van der Waals surface area contributed by atoms with Crippen molar-refractivity contribution >= 4 is 17.1 Å². The molecule has 0 spiro atoms. The zero-order valence-corrected chi connectivity index (χ0v) is 10.8. The summed E-state index contributed by atoms with van der Waals surface area (Å²) < 4.78 is 18.9. The molecule has 16 heavy (non-hydrogen) atoms. The number of rotatable bonds is 1. The number of nitrogens with zero attached hydrogens (tertiary/aromatic N) is 1. The summed E-state index contributed by atoms with van der Waals surface area (Å²) in [6.07, 6.45) is 2.38. The van der Waals surface area contributed by atoms with E-state index in [1.165, 1.54) is 6.08 Å². The fourth-order valence-electron chi connectivity index (χ4n) is 2.13. The second-order valence-electron chi connectivity index (χ2n) is 4.43. The van der Waals surface area contributed by atoms with E-state index in [0.29, 0.717) is 24.4 Å². The second kappa shape index (κ2) is 4.60. The molecule has 0 aromatic heterocycles. The summed E-state index contributed by atoms with van der Waals surface area (Å²) in [5, 5.41) is 0. The molecule has 0 N–H and O–H groups in total. The van der Waals surface area contributed by atoms with Gasteiger partial charge in [-0.25, -0.2) is 4.39 Å². The second-order valence-corrected chi connectivity index (χ2v) is 5.09. The van der Waals surface area contributed by atoms with Gasteiger partial charge in [0, 0.05) is 12.5 Å². The van der Waals surface area contributed by atoms with Crippen molar-refractivity contribution in [3.63, 3.8) is 0 Å². The van der Waals surface area contributed by atoms with E-state index in [9.17, 15) is 4.39 Å². The van der Waals surface area contributed by atoms with Crippen LogP contribution in [0, 0.1) is 0 Å². The highest BCUT2D eigenvalue weighted by molar-refractivity contribution is 7.17. The van der Waals surface area contributed by atoms with Crippen LogP contribution in [0.1, 0.15) is 19.8 Å². The van der Waals surface area contributed by atoms with Gasteiger partial charge in [-0.05, 0) is 32.0 Å². The highest BCUT2D eigenvalue weighted by Gasteiger charge is 2.37. The van der Waals surface area contributed by atoms with Gasteiger partial charge in [0.2, 0.25) is 0 Å². The van der Waals surface area contributed by atoms with Crippen molar-refractivity contribution in [2.75, 3.05) is 7.05 Å². The number of hydrogen-bond acceptors (Lipinski definition) is 2. The van der Waals surface area contributed by atoms with Crippen molar-refractivity contribution in [1.29, 1.82) is 0 Å². The van der Waals surface area contributed by atoms with Gasteiger partial charge in [-0.2, -0.15) is 0 Å². The Morgan fingerprint density at radius 2 is 2.25 bits per heavy atom. The van der Waals surface area contributed by atoms with Gasteiger partial charge in [0.05, 0.1) is 11.7 Å². The summed E-state index contributed by atoms with van der Waals surface area (Å²) in [4.78, 5) is 2.14. The quantitative estimate of drug-likeness (QED) is 0.512. The number of ether oxygens (including phenoxy) is 1. The van der Waals surface area contributed by atoms with Crippen LogP contribution in [0.2, 0.25) is 0 Å². The van der Waals surface area contributed by atoms with Crippen LogP contribution < -0.4 is 0 Å². The van der Waals surface area contributed by atoms with Gasteiger partial charge in [0.1, 0.15) is 14.1 Å². The van der Waals surface area contributed by atoms with Crippen LogP contribution in [-0.2, 0) is 4.74 Å². The fraction of sp³-hybridized carbons (Fsp3) is 0.636. The predicted molar refractivity (Wildman–Crippen MR) is 66.8 cm³/mol. The molecule has 86 valence electrons. The van der Waals surface area contributed by atoms with Gasteiger partial charge in [-0.15, -0.1) is 9.24 Å². The zero-order chi connectivity index (χ0) is 11.9. The van der Waals surface area contributed by atoms with Crippen LogP contribution >= 0.6 is 9.24 Å². The molecule has 0 saturated carbocycles. The molecule has 1 saturated heterocycles. The minimum absolute atomic E-state index is 0.103. The standard InChI is InChI=1S/C11H16BFNOP/c1-6-11(16)15-10(14(6)2)8-4-3-7(13)5-9(8)12/h5-6,10-11H,3-4,16H2,1-2H3/t6-,10?,11-/m1/s1. The topological polar surface area (TPSA) is 12.5 Å². The third-order valence-electron chi connectivity index (χ3n) is 3.39. The van der Waals surface area contributed by atoms with E-state index >= 15 is 0 Å². The molecule has 0 amide bonds. The third-order valence-corrected chi connectivity index (χ3v) is 4.10. The van der Waals surface area contributed by atoms with Gasteiger partial charge in [0.15, 0.2) is 0 Å². The summed E-state index contributed by atoms with van der Waals surface area (Å²) in [6, 6.07) is 0.325. The van der Waals surface area contributed by atoms with Gasteiger partial charge < -0.3 is 4.74 Å². The van der Waals surface area contributed by atoms with E-state index < -0.39 is 0 Å². The van der Waals surface area contributed by atoms with Crippen molar-refractivity contribution in [3.05, 3.63) is 22.9 Å². The van der Waals surface area contributed by atoms with Crippen molar-refractivity contribution in [3.8, 4) is 0 Å². The largest absolute Gasteiger partial charge is 0.350 e. The lowest BCUT2D eigenvalue weighted by molar-refractivity contribution is 0.0611.